The number of hydrazine groups is 1. The first-order chi connectivity index (χ1) is 9.64. The molecular formula is C14H26N6O. The van der Waals surface area contributed by atoms with Crippen LogP contribution in [-0.2, 0) is 4.79 Å². The van der Waals surface area contributed by atoms with E-state index in [2.05, 4.69) is 26.0 Å². The molecule has 1 heterocycles. The second-order valence-corrected chi connectivity index (χ2v) is 6.35. The van der Waals surface area contributed by atoms with Gasteiger partial charge in [-0.2, -0.15) is 0 Å². The van der Waals surface area contributed by atoms with Gasteiger partial charge in [-0.1, -0.05) is 13.8 Å². The molecule has 1 amide bonds. The fraction of sp³-hybridized carbons (Fsp3) is 0.643. The molecule has 0 saturated heterocycles. The Morgan fingerprint density at radius 2 is 1.81 bits per heavy atom. The largest absolute Gasteiger partial charge is 0.361 e. The standard InChI is InChI=1S/C14H26N6O/c1-8(2)11-17-12(9(3)13(18-11)20-15)16-7-10(21)19-14(4,5)6/h8H,7,15H2,1-6H3,(H,19,21)(H2,16,17,18,20). The molecule has 7 nitrogen and oxygen atoms in total. The van der Waals surface area contributed by atoms with Gasteiger partial charge in [0.25, 0.3) is 0 Å². The summed E-state index contributed by atoms with van der Waals surface area (Å²) >= 11 is 0. The summed E-state index contributed by atoms with van der Waals surface area (Å²) in [6.07, 6.45) is 0. The minimum atomic E-state index is -0.257. The summed E-state index contributed by atoms with van der Waals surface area (Å²) in [7, 11) is 0. The van der Waals surface area contributed by atoms with Crippen LogP contribution in [-0.4, -0.2) is 28.0 Å². The monoisotopic (exact) mass is 294 g/mol. The second-order valence-electron chi connectivity index (χ2n) is 6.35. The van der Waals surface area contributed by atoms with E-state index in [4.69, 9.17) is 5.84 Å². The second kappa shape index (κ2) is 6.71. The Morgan fingerprint density at radius 1 is 1.24 bits per heavy atom. The highest BCUT2D eigenvalue weighted by Gasteiger charge is 2.16. The van der Waals surface area contributed by atoms with Gasteiger partial charge in [0.2, 0.25) is 5.91 Å². The lowest BCUT2D eigenvalue weighted by Crippen LogP contribution is -2.43. The number of nitrogens with one attached hydrogen (secondary N) is 3. The summed E-state index contributed by atoms with van der Waals surface area (Å²) in [5, 5.41) is 5.94. The smallest absolute Gasteiger partial charge is 0.239 e. The van der Waals surface area contributed by atoms with Crippen molar-refractivity contribution in [1.29, 1.82) is 0 Å². The topological polar surface area (TPSA) is 105 Å². The number of carbonyl (C=O) groups excluding carboxylic acids is 1. The predicted octanol–water partition coefficient (Wildman–Crippen LogP) is 1.52. The Bertz CT molecular complexity index is 507. The summed E-state index contributed by atoms with van der Waals surface area (Å²) in [6.45, 7) is 11.8. The van der Waals surface area contributed by atoms with Crippen LogP contribution < -0.4 is 21.9 Å². The zero-order valence-corrected chi connectivity index (χ0v) is 13.7. The third-order valence-corrected chi connectivity index (χ3v) is 2.75. The van der Waals surface area contributed by atoms with E-state index in [0.29, 0.717) is 17.5 Å². The van der Waals surface area contributed by atoms with Gasteiger partial charge in [0.15, 0.2) is 0 Å². The van der Waals surface area contributed by atoms with Crippen LogP contribution >= 0.6 is 0 Å². The van der Waals surface area contributed by atoms with Crippen LogP contribution in [0.3, 0.4) is 0 Å². The maximum atomic E-state index is 11.9. The zero-order chi connectivity index (χ0) is 16.2. The first-order valence-corrected chi connectivity index (χ1v) is 7.04. The maximum absolute atomic E-state index is 11.9. The highest BCUT2D eigenvalue weighted by Crippen LogP contribution is 2.22. The molecule has 0 radical (unpaired) electrons. The van der Waals surface area contributed by atoms with Gasteiger partial charge in [0.05, 0.1) is 6.54 Å². The fourth-order valence-corrected chi connectivity index (χ4v) is 1.73. The van der Waals surface area contributed by atoms with Crippen molar-refractivity contribution in [3.05, 3.63) is 11.4 Å². The lowest BCUT2D eigenvalue weighted by Gasteiger charge is -2.21. The molecular weight excluding hydrogens is 268 g/mol. The summed E-state index contributed by atoms with van der Waals surface area (Å²) in [6, 6.07) is 0. The van der Waals surface area contributed by atoms with Gasteiger partial charge >= 0.3 is 0 Å². The Kier molecular flexibility index (Phi) is 5.48. The number of nitrogens with two attached hydrogens (primary N) is 1. The van der Waals surface area contributed by atoms with Crippen molar-refractivity contribution in [2.24, 2.45) is 5.84 Å². The van der Waals surface area contributed by atoms with Crippen LogP contribution in [0.25, 0.3) is 0 Å². The van der Waals surface area contributed by atoms with E-state index in [1.807, 2.05) is 41.5 Å². The third-order valence-electron chi connectivity index (χ3n) is 2.75. The molecule has 21 heavy (non-hydrogen) atoms. The molecule has 0 aliphatic rings. The zero-order valence-electron chi connectivity index (χ0n) is 13.7. The number of aromatic nitrogens is 2. The number of carbonyl (C=O) groups is 1. The van der Waals surface area contributed by atoms with Crippen molar-refractivity contribution in [2.45, 2.75) is 53.0 Å². The van der Waals surface area contributed by atoms with Gasteiger partial charge in [-0.15, -0.1) is 0 Å². The molecule has 0 aromatic carbocycles. The van der Waals surface area contributed by atoms with Crippen molar-refractivity contribution < 1.29 is 4.79 Å². The number of hydrogen-bond donors (Lipinski definition) is 4. The Balaban J connectivity index is 2.87. The molecule has 118 valence electrons. The number of rotatable bonds is 5. The molecule has 1 aromatic heterocycles. The van der Waals surface area contributed by atoms with Gasteiger partial charge in [0.1, 0.15) is 17.5 Å². The van der Waals surface area contributed by atoms with Gasteiger partial charge in [-0.3, -0.25) is 4.79 Å². The van der Waals surface area contributed by atoms with Crippen molar-refractivity contribution in [3.63, 3.8) is 0 Å². The van der Waals surface area contributed by atoms with Crippen LogP contribution in [0.1, 0.15) is 51.9 Å². The van der Waals surface area contributed by atoms with E-state index in [9.17, 15) is 4.79 Å². The average Bonchev–Trinajstić information content (AvgIpc) is 2.35. The predicted molar refractivity (Wildman–Crippen MR) is 85.1 cm³/mol. The number of hydrogen-bond acceptors (Lipinski definition) is 6. The summed E-state index contributed by atoms with van der Waals surface area (Å²) < 4.78 is 0. The molecule has 0 atom stereocenters. The van der Waals surface area contributed by atoms with E-state index < -0.39 is 0 Å². The number of nitrogens with zero attached hydrogens (tertiary/aromatic N) is 2. The molecule has 1 rings (SSSR count). The van der Waals surface area contributed by atoms with Gasteiger partial charge < -0.3 is 16.1 Å². The quantitative estimate of drug-likeness (QED) is 0.485. The third kappa shape index (κ3) is 5.18. The molecule has 0 aliphatic heterocycles. The highest BCUT2D eigenvalue weighted by atomic mass is 16.2. The minimum absolute atomic E-state index is 0.0890. The molecule has 0 saturated carbocycles. The van der Waals surface area contributed by atoms with Crippen LogP contribution in [0.2, 0.25) is 0 Å². The van der Waals surface area contributed by atoms with Crippen molar-refractivity contribution in [2.75, 3.05) is 17.3 Å². The Morgan fingerprint density at radius 3 is 2.29 bits per heavy atom. The molecule has 0 aliphatic carbocycles. The number of amides is 1. The molecule has 0 unspecified atom stereocenters. The first kappa shape index (κ1) is 17.2. The fourth-order valence-electron chi connectivity index (χ4n) is 1.73. The van der Waals surface area contributed by atoms with Crippen LogP contribution in [0.15, 0.2) is 0 Å². The van der Waals surface area contributed by atoms with Crippen LogP contribution in [0.5, 0.6) is 0 Å². The van der Waals surface area contributed by atoms with Crippen molar-refractivity contribution in [1.82, 2.24) is 15.3 Å². The SMILES string of the molecule is Cc1c(NN)nc(C(C)C)nc1NCC(=O)NC(C)(C)C. The summed E-state index contributed by atoms with van der Waals surface area (Å²) in [5.74, 6) is 7.41. The summed E-state index contributed by atoms with van der Waals surface area (Å²) in [4.78, 5) is 20.7. The van der Waals surface area contributed by atoms with Gasteiger partial charge in [0, 0.05) is 17.0 Å². The van der Waals surface area contributed by atoms with E-state index in [1.165, 1.54) is 0 Å². The lowest BCUT2D eigenvalue weighted by molar-refractivity contribution is -0.120. The molecule has 0 fully saturated rings. The lowest BCUT2D eigenvalue weighted by atomic mass is 10.1. The number of anilines is 2. The molecule has 0 bridgehead atoms. The highest BCUT2D eigenvalue weighted by molar-refractivity contribution is 5.81. The van der Waals surface area contributed by atoms with Gasteiger partial charge in [-0.25, -0.2) is 15.8 Å². The normalized spacial score (nSPS) is 11.4. The molecule has 5 N–H and O–H groups in total. The summed E-state index contributed by atoms with van der Waals surface area (Å²) in [5.41, 5.74) is 3.09. The minimum Gasteiger partial charge on any atom is -0.361 e. The molecule has 7 heteroatoms. The van der Waals surface area contributed by atoms with Gasteiger partial charge in [-0.05, 0) is 27.7 Å². The van der Waals surface area contributed by atoms with E-state index in [-0.39, 0.29) is 23.9 Å². The Labute approximate surface area is 126 Å². The Hall–Kier alpha value is -1.89. The number of nitrogen functional groups attached to an aromatic ring is 1. The average molecular weight is 294 g/mol. The molecule has 1 aromatic rings. The van der Waals surface area contributed by atoms with Crippen LogP contribution in [0.4, 0.5) is 11.6 Å². The van der Waals surface area contributed by atoms with E-state index in [0.717, 1.165) is 5.56 Å². The first-order valence-electron chi connectivity index (χ1n) is 7.04. The maximum Gasteiger partial charge on any atom is 0.239 e. The van der Waals surface area contributed by atoms with E-state index >= 15 is 0 Å². The molecule has 0 spiro atoms. The van der Waals surface area contributed by atoms with Crippen molar-refractivity contribution in [3.8, 4) is 0 Å². The van der Waals surface area contributed by atoms with Crippen molar-refractivity contribution >= 4 is 17.5 Å². The van der Waals surface area contributed by atoms with Crippen LogP contribution in [0, 0.1) is 6.92 Å². The van der Waals surface area contributed by atoms with E-state index in [1.54, 1.807) is 0 Å².